The summed E-state index contributed by atoms with van der Waals surface area (Å²) in [6.45, 7) is 7.38. The molecule has 0 aliphatic carbocycles. The van der Waals surface area contributed by atoms with E-state index in [2.05, 4.69) is 22.3 Å². The van der Waals surface area contributed by atoms with Crippen molar-refractivity contribution in [2.45, 2.75) is 32.9 Å². The lowest BCUT2D eigenvalue weighted by molar-refractivity contribution is 0.0596. The van der Waals surface area contributed by atoms with Gasteiger partial charge in [0.15, 0.2) is 5.69 Å². The number of carbonyl (C=O) groups excluding carboxylic acids is 1. The SMILES string of the molecule is Cc1oc(-c2cnn(C)c2)nc1C(=O)N1CCNC(C)C1C. The summed E-state index contributed by atoms with van der Waals surface area (Å²) in [7, 11) is 1.83. The number of carbonyl (C=O) groups is 1. The Labute approximate surface area is 129 Å². The molecule has 1 aliphatic heterocycles. The van der Waals surface area contributed by atoms with Crippen molar-refractivity contribution in [3.8, 4) is 11.5 Å². The molecule has 3 rings (SSSR count). The molecule has 1 amide bonds. The molecule has 2 atom stereocenters. The fourth-order valence-corrected chi connectivity index (χ4v) is 2.73. The van der Waals surface area contributed by atoms with Crippen molar-refractivity contribution >= 4 is 5.91 Å². The lowest BCUT2D eigenvalue weighted by atomic mass is 10.1. The van der Waals surface area contributed by atoms with Crippen LogP contribution in [0.1, 0.15) is 30.1 Å². The molecule has 7 heteroatoms. The van der Waals surface area contributed by atoms with E-state index in [1.807, 2.05) is 25.1 Å². The molecule has 1 N–H and O–H groups in total. The zero-order valence-corrected chi connectivity index (χ0v) is 13.3. The molecule has 7 nitrogen and oxygen atoms in total. The highest BCUT2D eigenvalue weighted by molar-refractivity contribution is 5.94. The second kappa shape index (κ2) is 5.57. The second-order valence-electron chi connectivity index (χ2n) is 5.81. The first-order chi connectivity index (χ1) is 10.5. The Morgan fingerprint density at radius 2 is 2.23 bits per heavy atom. The van der Waals surface area contributed by atoms with E-state index >= 15 is 0 Å². The smallest absolute Gasteiger partial charge is 0.276 e. The van der Waals surface area contributed by atoms with Crippen LogP contribution in [-0.4, -0.2) is 50.7 Å². The van der Waals surface area contributed by atoms with Gasteiger partial charge in [-0.15, -0.1) is 0 Å². The summed E-state index contributed by atoms with van der Waals surface area (Å²) in [4.78, 5) is 19.0. The van der Waals surface area contributed by atoms with E-state index in [1.165, 1.54) is 0 Å². The van der Waals surface area contributed by atoms with Gasteiger partial charge < -0.3 is 14.6 Å². The molecule has 3 heterocycles. The van der Waals surface area contributed by atoms with Crippen molar-refractivity contribution in [1.29, 1.82) is 0 Å². The molecule has 1 saturated heterocycles. The Kier molecular flexibility index (Phi) is 3.74. The van der Waals surface area contributed by atoms with Gasteiger partial charge in [-0.05, 0) is 20.8 Å². The molecule has 1 aliphatic rings. The van der Waals surface area contributed by atoms with Crippen LogP contribution in [0.25, 0.3) is 11.5 Å². The summed E-state index contributed by atoms with van der Waals surface area (Å²) in [5, 5.41) is 7.47. The van der Waals surface area contributed by atoms with Crippen LogP contribution in [0.5, 0.6) is 0 Å². The summed E-state index contributed by atoms with van der Waals surface area (Å²) in [6, 6.07) is 0.391. The van der Waals surface area contributed by atoms with Crippen LogP contribution >= 0.6 is 0 Å². The number of piperazine rings is 1. The van der Waals surface area contributed by atoms with Gasteiger partial charge in [-0.1, -0.05) is 0 Å². The highest BCUT2D eigenvalue weighted by Crippen LogP contribution is 2.23. The Hall–Kier alpha value is -2.15. The van der Waals surface area contributed by atoms with Crippen LogP contribution in [0.4, 0.5) is 0 Å². The molecular weight excluding hydrogens is 282 g/mol. The average molecular weight is 303 g/mol. The van der Waals surface area contributed by atoms with Crippen LogP contribution in [-0.2, 0) is 7.05 Å². The normalized spacial score (nSPS) is 22.1. The summed E-state index contributed by atoms with van der Waals surface area (Å²) in [5.74, 6) is 0.907. The molecular formula is C15H21N5O2. The maximum Gasteiger partial charge on any atom is 0.276 e. The minimum Gasteiger partial charge on any atom is -0.440 e. The van der Waals surface area contributed by atoms with E-state index in [1.54, 1.807) is 17.8 Å². The number of aryl methyl sites for hydroxylation is 2. The van der Waals surface area contributed by atoms with Gasteiger partial charge in [0.2, 0.25) is 5.89 Å². The summed E-state index contributed by atoms with van der Waals surface area (Å²) < 4.78 is 7.34. The second-order valence-corrected chi connectivity index (χ2v) is 5.81. The van der Waals surface area contributed by atoms with Crippen molar-refractivity contribution in [3.63, 3.8) is 0 Å². The number of nitrogens with one attached hydrogen (secondary N) is 1. The molecule has 0 spiro atoms. The Morgan fingerprint density at radius 1 is 1.45 bits per heavy atom. The number of oxazole rings is 1. The van der Waals surface area contributed by atoms with Crippen molar-refractivity contribution in [2.75, 3.05) is 13.1 Å². The standard InChI is InChI=1S/C15H21N5O2/c1-9-10(2)20(6-5-16-9)15(21)13-11(3)22-14(18-13)12-7-17-19(4)8-12/h7-10,16H,5-6H2,1-4H3. The highest BCUT2D eigenvalue weighted by atomic mass is 16.4. The fraction of sp³-hybridized carbons (Fsp3) is 0.533. The van der Waals surface area contributed by atoms with E-state index in [-0.39, 0.29) is 18.0 Å². The van der Waals surface area contributed by atoms with Crippen LogP contribution in [0.3, 0.4) is 0 Å². The van der Waals surface area contributed by atoms with Gasteiger partial charge in [0.25, 0.3) is 5.91 Å². The molecule has 2 aromatic heterocycles. The summed E-state index contributed by atoms with van der Waals surface area (Å²) in [6.07, 6.45) is 3.49. The summed E-state index contributed by atoms with van der Waals surface area (Å²) in [5.41, 5.74) is 1.16. The van der Waals surface area contributed by atoms with E-state index < -0.39 is 0 Å². The Balaban J connectivity index is 1.88. The van der Waals surface area contributed by atoms with Crippen LogP contribution < -0.4 is 5.32 Å². The fourth-order valence-electron chi connectivity index (χ4n) is 2.73. The largest absolute Gasteiger partial charge is 0.440 e. The predicted molar refractivity (Wildman–Crippen MR) is 81.4 cm³/mol. The van der Waals surface area contributed by atoms with E-state index in [9.17, 15) is 4.79 Å². The first-order valence-electron chi connectivity index (χ1n) is 7.48. The highest BCUT2D eigenvalue weighted by Gasteiger charge is 2.31. The van der Waals surface area contributed by atoms with Crippen molar-refractivity contribution in [2.24, 2.45) is 7.05 Å². The third kappa shape index (κ3) is 2.52. The van der Waals surface area contributed by atoms with Crippen molar-refractivity contribution in [1.82, 2.24) is 25.0 Å². The van der Waals surface area contributed by atoms with Gasteiger partial charge in [-0.2, -0.15) is 5.10 Å². The number of aromatic nitrogens is 3. The van der Waals surface area contributed by atoms with Gasteiger partial charge in [-0.25, -0.2) is 4.98 Å². The first-order valence-corrected chi connectivity index (χ1v) is 7.48. The predicted octanol–water partition coefficient (Wildman–Crippen LogP) is 1.21. The van der Waals surface area contributed by atoms with Crippen molar-refractivity contribution < 1.29 is 9.21 Å². The third-order valence-corrected chi connectivity index (χ3v) is 4.25. The van der Waals surface area contributed by atoms with Crippen LogP contribution in [0, 0.1) is 6.92 Å². The van der Waals surface area contributed by atoms with E-state index in [0.717, 1.165) is 12.1 Å². The average Bonchev–Trinajstić information content (AvgIpc) is 3.07. The molecule has 2 unspecified atom stereocenters. The minimum absolute atomic E-state index is 0.0720. The number of hydrogen-bond acceptors (Lipinski definition) is 5. The summed E-state index contributed by atoms with van der Waals surface area (Å²) >= 11 is 0. The van der Waals surface area contributed by atoms with Gasteiger partial charge in [0, 0.05) is 38.4 Å². The van der Waals surface area contributed by atoms with Gasteiger partial charge in [-0.3, -0.25) is 9.48 Å². The molecule has 0 radical (unpaired) electrons. The zero-order valence-electron chi connectivity index (χ0n) is 13.3. The molecule has 118 valence electrons. The maximum absolute atomic E-state index is 12.8. The molecule has 22 heavy (non-hydrogen) atoms. The topological polar surface area (TPSA) is 76.2 Å². The van der Waals surface area contributed by atoms with Gasteiger partial charge in [0.05, 0.1) is 11.8 Å². The Morgan fingerprint density at radius 3 is 2.91 bits per heavy atom. The quantitative estimate of drug-likeness (QED) is 0.902. The monoisotopic (exact) mass is 303 g/mol. The zero-order chi connectivity index (χ0) is 15.9. The first kappa shape index (κ1) is 14.8. The van der Waals surface area contributed by atoms with E-state index in [4.69, 9.17) is 4.42 Å². The van der Waals surface area contributed by atoms with Gasteiger partial charge >= 0.3 is 0 Å². The molecule has 0 saturated carbocycles. The molecule has 0 aromatic carbocycles. The molecule has 2 aromatic rings. The van der Waals surface area contributed by atoms with Crippen LogP contribution in [0.2, 0.25) is 0 Å². The lowest BCUT2D eigenvalue weighted by Crippen LogP contribution is -2.57. The van der Waals surface area contributed by atoms with Crippen LogP contribution in [0.15, 0.2) is 16.8 Å². The number of nitrogens with zero attached hydrogens (tertiary/aromatic N) is 4. The van der Waals surface area contributed by atoms with Gasteiger partial charge in [0.1, 0.15) is 5.76 Å². The van der Waals surface area contributed by atoms with E-state index in [0.29, 0.717) is 23.9 Å². The molecule has 1 fully saturated rings. The third-order valence-electron chi connectivity index (χ3n) is 4.25. The Bertz CT molecular complexity index is 690. The maximum atomic E-state index is 12.8. The minimum atomic E-state index is -0.0720. The van der Waals surface area contributed by atoms with Crippen molar-refractivity contribution in [3.05, 3.63) is 23.8 Å². The lowest BCUT2D eigenvalue weighted by Gasteiger charge is -2.38. The number of amides is 1. The molecule has 0 bridgehead atoms. The number of hydrogen-bond donors (Lipinski definition) is 1. The number of rotatable bonds is 2.